The number of rotatable bonds is 8. The van der Waals surface area contributed by atoms with E-state index in [1.54, 1.807) is 0 Å². The Labute approximate surface area is 206 Å². The van der Waals surface area contributed by atoms with E-state index in [0.717, 1.165) is 18.2 Å². The number of alkyl halides is 2. The molecule has 0 aliphatic heterocycles. The molecule has 3 aliphatic carbocycles. The maximum absolute atomic E-state index is 13.5. The van der Waals surface area contributed by atoms with Gasteiger partial charge in [-0.25, -0.2) is 4.39 Å². The molecule has 2 amide bonds. The second-order valence-corrected chi connectivity index (χ2v) is 9.38. The fourth-order valence-electron chi connectivity index (χ4n) is 4.83. The lowest BCUT2D eigenvalue weighted by molar-refractivity contribution is -0.141. The summed E-state index contributed by atoms with van der Waals surface area (Å²) in [7, 11) is 0. The van der Waals surface area contributed by atoms with Crippen molar-refractivity contribution in [3.8, 4) is 11.5 Å². The molecular weight excluding hydrogens is 505 g/mol. The summed E-state index contributed by atoms with van der Waals surface area (Å²) >= 11 is 5.62. The first-order valence-corrected chi connectivity index (χ1v) is 11.2. The number of fused-ring (bicyclic) bond motifs is 1. The SMILES string of the molecule is O=C(COc1ccc(Cl)c(F)c1)NC12CC(NC(=O)c3cc(=O)c4ccc(OC(F)F)cc4o3)(C1)C2. The lowest BCUT2D eigenvalue weighted by Gasteiger charge is -2.70. The zero-order chi connectivity index (χ0) is 25.7. The molecule has 188 valence electrons. The zero-order valence-corrected chi connectivity index (χ0v) is 19.2. The van der Waals surface area contributed by atoms with Crippen LogP contribution in [-0.2, 0) is 4.79 Å². The van der Waals surface area contributed by atoms with Crippen molar-refractivity contribution < 1.29 is 36.7 Å². The van der Waals surface area contributed by atoms with Gasteiger partial charge in [-0.2, -0.15) is 8.78 Å². The average molecular weight is 523 g/mol. The molecule has 1 aromatic heterocycles. The van der Waals surface area contributed by atoms with E-state index in [9.17, 15) is 27.6 Å². The highest BCUT2D eigenvalue weighted by molar-refractivity contribution is 6.30. The highest BCUT2D eigenvalue weighted by atomic mass is 35.5. The largest absolute Gasteiger partial charge is 0.484 e. The van der Waals surface area contributed by atoms with E-state index in [-0.39, 0.29) is 39.9 Å². The lowest BCUT2D eigenvalue weighted by atomic mass is 9.44. The summed E-state index contributed by atoms with van der Waals surface area (Å²) < 4.78 is 53.5. The number of nitrogens with one attached hydrogen (secondary N) is 2. The fraction of sp³-hybridized carbons (Fsp3) is 0.292. The smallest absolute Gasteiger partial charge is 0.387 e. The number of hydrogen-bond donors (Lipinski definition) is 2. The second kappa shape index (κ2) is 8.74. The van der Waals surface area contributed by atoms with Crippen LogP contribution in [0, 0.1) is 5.82 Å². The first-order valence-electron chi connectivity index (χ1n) is 10.8. The molecule has 8 nitrogen and oxygen atoms in total. The van der Waals surface area contributed by atoms with Crippen molar-refractivity contribution in [1.82, 2.24) is 10.6 Å². The summed E-state index contributed by atoms with van der Waals surface area (Å²) in [5.74, 6) is -2.00. The van der Waals surface area contributed by atoms with Gasteiger partial charge < -0.3 is 24.5 Å². The molecule has 0 spiro atoms. The van der Waals surface area contributed by atoms with Crippen molar-refractivity contribution in [3.05, 3.63) is 69.3 Å². The van der Waals surface area contributed by atoms with Gasteiger partial charge in [-0.15, -0.1) is 0 Å². The van der Waals surface area contributed by atoms with Crippen molar-refractivity contribution in [2.75, 3.05) is 6.61 Å². The molecule has 2 aromatic carbocycles. The van der Waals surface area contributed by atoms with Gasteiger partial charge in [0.25, 0.3) is 11.8 Å². The molecule has 2 N–H and O–H groups in total. The Bertz CT molecular complexity index is 1420. The van der Waals surface area contributed by atoms with Gasteiger partial charge in [0, 0.05) is 29.3 Å². The molecule has 0 radical (unpaired) electrons. The zero-order valence-electron chi connectivity index (χ0n) is 18.4. The highest BCUT2D eigenvalue weighted by Gasteiger charge is 2.69. The molecule has 3 aliphatic rings. The molecule has 12 heteroatoms. The molecule has 2 bridgehead atoms. The molecule has 3 saturated carbocycles. The standard InChI is InChI=1S/C24H18ClF3N2O6/c25-15-4-2-12(5-16(15)26)34-8-20(32)29-23-9-24(10-23,11-23)30-21(33)19-7-17(31)14-3-1-13(35-22(27)28)6-18(14)36-19/h1-7,22H,8-11H2,(H,29,32)(H,30,33). The van der Waals surface area contributed by atoms with Crippen molar-refractivity contribution in [2.45, 2.75) is 37.0 Å². The van der Waals surface area contributed by atoms with Crippen LogP contribution in [0.15, 0.2) is 51.7 Å². The van der Waals surface area contributed by atoms with Gasteiger partial charge >= 0.3 is 6.61 Å². The van der Waals surface area contributed by atoms with E-state index in [0.29, 0.717) is 19.3 Å². The van der Waals surface area contributed by atoms with Crippen LogP contribution in [0.3, 0.4) is 0 Å². The predicted molar refractivity (Wildman–Crippen MR) is 121 cm³/mol. The predicted octanol–water partition coefficient (Wildman–Crippen LogP) is 3.79. The Morgan fingerprint density at radius 2 is 1.72 bits per heavy atom. The van der Waals surface area contributed by atoms with Crippen molar-refractivity contribution >= 4 is 34.4 Å². The molecule has 3 aromatic rings. The third kappa shape index (κ3) is 4.58. The van der Waals surface area contributed by atoms with Crippen molar-refractivity contribution in [3.63, 3.8) is 0 Å². The van der Waals surface area contributed by atoms with E-state index in [4.69, 9.17) is 20.8 Å². The Hall–Kier alpha value is -3.73. The molecule has 36 heavy (non-hydrogen) atoms. The van der Waals surface area contributed by atoms with Gasteiger partial charge in [0.1, 0.15) is 22.9 Å². The molecule has 3 fully saturated rings. The Balaban J connectivity index is 1.17. The number of hydrogen-bond acceptors (Lipinski definition) is 6. The Morgan fingerprint density at radius 1 is 1.03 bits per heavy atom. The van der Waals surface area contributed by atoms with Crippen LogP contribution in [-0.4, -0.2) is 36.1 Å². The number of ether oxygens (including phenoxy) is 2. The monoisotopic (exact) mass is 522 g/mol. The maximum Gasteiger partial charge on any atom is 0.387 e. The molecule has 0 unspecified atom stereocenters. The second-order valence-electron chi connectivity index (χ2n) is 8.97. The lowest BCUT2D eigenvalue weighted by Crippen LogP contribution is -2.84. The van der Waals surface area contributed by atoms with Crippen molar-refractivity contribution in [1.29, 1.82) is 0 Å². The number of carbonyl (C=O) groups is 2. The van der Waals surface area contributed by atoms with E-state index < -0.39 is 40.7 Å². The van der Waals surface area contributed by atoms with Gasteiger partial charge in [0.2, 0.25) is 0 Å². The Morgan fingerprint density at radius 3 is 2.42 bits per heavy atom. The van der Waals surface area contributed by atoms with Crippen LogP contribution in [0.4, 0.5) is 13.2 Å². The van der Waals surface area contributed by atoms with Gasteiger partial charge in [0.15, 0.2) is 17.8 Å². The van der Waals surface area contributed by atoms with E-state index >= 15 is 0 Å². The molecule has 0 saturated heterocycles. The quantitative estimate of drug-likeness (QED) is 0.466. The van der Waals surface area contributed by atoms with Crippen LogP contribution in [0.25, 0.3) is 11.0 Å². The fourth-order valence-corrected chi connectivity index (χ4v) is 4.94. The first-order chi connectivity index (χ1) is 17.1. The van der Waals surface area contributed by atoms with Crippen molar-refractivity contribution in [2.24, 2.45) is 0 Å². The number of amides is 2. The summed E-state index contributed by atoms with van der Waals surface area (Å²) in [6, 6.07) is 8.49. The van der Waals surface area contributed by atoms with Crippen LogP contribution < -0.4 is 25.5 Å². The van der Waals surface area contributed by atoms with Crippen LogP contribution >= 0.6 is 11.6 Å². The molecule has 0 atom stereocenters. The molecule has 1 heterocycles. The van der Waals surface area contributed by atoms with Crippen LogP contribution in [0.2, 0.25) is 5.02 Å². The van der Waals surface area contributed by atoms with Gasteiger partial charge in [-0.1, -0.05) is 11.6 Å². The normalized spacial score (nSPS) is 21.9. The van der Waals surface area contributed by atoms with Crippen LogP contribution in [0.1, 0.15) is 29.8 Å². The number of carbonyl (C=O) groups excluding carboxylic acids is 2. The van der Waals surface area contributed by atoms with Crippen LogP contribution in [0.5, 0.6) is 11.5 Å². The Kier molecular flexibility index (Phi) is 5.82. The topological polar surface area (TPSA) is 107 Å². The van der Waals surface area contributed by atoms with E-state index in [2.05, 4.69) is 15.4 Å². The average Bonchev–Trinajstić information content (AvgIpc) is 2.76. The summed E-state index contributed by atoms with van der Waals surface area (Å²) in [4.78, 5) is 37.3. The molecular formula is C24H18ClF3N2O6. The van der Waals surface area contributed by atoms with Gasteiger partial charge in [-0.3, -0.25) is 14.4 Å². The van der Waals surface area contributed by atoms with Gasteiger partial charge in [-0.05, 0) is 43.5 Å². The number of halogens is 4. The summed E-state index contributed by atoms with van der Waals surface area (Å²) in [5.41, 5.74) is -1.61. The summed E-state index contributed by atoms with van der Waals surface area (Å²) in [6.07, 6.45) is 1.41. The summed E-state index contributed by atoms with van der Waals surface area (Å²) in [6.45, 7) is -3.37. The minimum atomic E-state index is -3.05. The minimum absolute atomic E-state index is 0.0542. The number of benzene rings is 2. The first kappa shape index (κ1) is 24.0. The summed E-state index contributed by atoms with van der Waals surface area (Å²) in [5, 5.41) is 5.75. The third-order valence-corrected chi connectivity index (χ3v) is 6.53. The third-order valence-electron chi connectivity index (χ3n) is 6.22. The van der Waals surface area contributed by atoms with E-state index in [1.165, 1.54) is 24.3 Å². The molecule has 6 rings (SSSR count). The van der Waals surface area contributed by atoms with E-state index in [1.807, 2.05) is 0 Å². The van der Waals surface area contributed by atoms with Gasteiger partial charge in [0.05, 0.1) is 10.4 Å². The minimum Gasteiger partial charge on any atom is -0.484 e. The maximum atomic E-state index is 13.5. The highest BCUT2D eigenvalue weighted by Crippen LogP contribution is 2.60.